The van der Waals surface area contributed by atoms with Gasteiger partial charge in [-0.3, -0.25) is 37.3 Å². The number of allylic oxidation sites excluding steroid dienone is 4. The van der Waals surface area contributed by atoms with Crippen LogP contribution in [0.3, 0.4) is 0 Å². The third-order valence-corrected chi connectivity index (χ3v) is 19.3. The molecule has 0 fully saturated rings. The van der Waals surface area contributed by atoms with Crippen LogP contribution in [0, 0.1) is 5.92 Å². The Morgan fingerprint density at radius 3 is 0.854 bits per heavy atom. The molecule has 0 aromatic rings. The zero-order valence-electron chi connectivity index (χ0n) is 62.0. The van der Waals surface area contributed by atoms with E-state index >= 15 is 0 Å². The van der Waals surface area contributed by atoms with Crippen molar-refractivity contribution >= 4 is 39.5 Å². The molecule has 96 heavy (non-hydrogen) atoms. The van der Waals surface area contributed by atoms with Crippen LogP contribution in [0.2, 0.25) is 0 Å². The zero-order chi connectivity index (χ0) is 70.5. The van der Waals surface area contributed by atoms with Gasteiger partial charge in [-0.1, -0.05) is 329 Å². The van der Waals surface area contributed by atoms with Crippen LogP contribution in [0.4, 0.5) is 0 Å². The van der Waals surface area contributed by atoms with Crippen molar-refractivity contribution < 1.29 is 80.2 Å². The van der Waals surface area contributed by atoms with Crippen LogP contribution in [0.5, 0.6) is 0 Å². The summed E-state index contributed by atoms with van der Waals surface area (Å²) in [7, 11) is -9.92. The van der Waals surface area contributed by atoms with Gasteiger partial charge in [-0.05, 0) is 57.3 Å². The number of ether oxygens (including phenoxy) is 4. The first-order valence-corrected chi connectivity index (χ1v) is 42.4. The predicted octanol–water partition coefficient (Wildman–Crippen LogP) is 22.4. The summed E-state index contributed by atoms with van der Waals surface area (Å²) in [6.45, 7) is 7.24. The quantitative estimate of drug-likeness (QED) is 0.0169. The molecule has 0 bridgehead atoms. The summed E-state index contributed by atoms with van der Waals surface area (Å²) in [4.78, 5) is 72.8. The highest BCUT2D eigenvalue weighted by Gasteiger charge is 2.30. The zero-order valence-corrected chi connectivity index (χ0v) is 63.8. The van der Waals surface area contributed by atoms with Crippen molar-refractivity contribution in [3.8, 4) is 0 Å². The van der Waals surface area contributed by atoms with Crippen molar-refractivity contribution in [1.82, 2.24) is 0 Å². The minimum atomic E-state index is -4.96. The van der Waals surface area contributed by atoms with E-state index in [1.54, 1.807) is 0 Å². The Balaban J connectivity index is 5.29. The number of carbonyl (C=O) groups is 4. The highest BCUT2D eigenvalue weighted by atomic mass is 31.2. The van der Waals surface area contributed by atoms with E-state index in [4.69, 9.17) is 37.0 Å². The molecule has 5 atom stereocenters. The predicted molar refractivity (Wildman–Crippen MR) is 391 cm³/mol. The fourth-order valence-electron chi connectivity index (χ4n) is 11.3. The summed E-state index contributed by atoms with van der Waals surface area (Å²) in [5, 5.41) is 10.6. The number of rotatable bonds is 75. The molecule has 3 N–H and O–H groups in total. The van der Waals surface area contributed by atoms with Crippen LogP contribution in [0.15, 0.2) is 24.3 Å². The Morgan fingerprint density at radius 1 is 0.323 bits per heavy atom. The summed E-state index contributed by atoms with van der Waals surface area (Å²) in [6.07, 6.45) is 61.7. The molecule has 0 aliphatic rings. The minimum Gasteiger partial charge on any atom is -0.462 e. The third-order valence-electron chi connectivity index (χ3n) is 17.4. The van der Waals surface area contributed by atoms with E-state index in [9.17, 15) is 43.2 Å². The fourth-order valence-corrected chi connectivity index (χ4v) is 12.9. The van der Waals surface area contributed by atoms with E-state index in [2.05, 4.69) is 58.9 Å². The van der Waals surface area contributed by atoms with E-state index in [-0.39, 0.29) is 25.7 Å². The summed E-state index contributed by atoms with van der Waals surface area (Å²) in [5.74, 6) is -1.38. The number of esters is 4. The molecule has 2 unspecified atom stereocenters. The molecular weight excluding hydrogens is 1260 g/mol. The molecular formula is C77H146O17P2. The first kappa shape index (κ1) is 93.5. The SMILES string of the molecule is CCCCCC/C=C\C=C/CCCCCCCC(=O)OC[C@H](COP(=O)(O)OC[C@@H](O)COP(=O)(O)OC[C@@H](COC(=O)CCCCCCCCCCCCC)OC(=O)CCCCCCCCCCCCCC(C)C)OC(=O)CCCCCCCCCCCCCCCCCC. The highest BCUT2D eigenvalue weighted by Crippen LogP contribution is 2.45. The van der Waals surface area contributed by atoms with Gasteiger partial charge in [0.15, 0.2) is 12.2 Å². The molecule has 0 saturated carbocycles. The van der Waals surface area contributed by atoms with E-state index < -0.39 is 97.5 Å². The summed E-state index contributed by atoms with van der Waals surface area (Å²) in [6, 6.07) is 0. The number of unbranched alkanes of at least 4 members (excludes halogenated alkanes) is 44. The second-order valence-electron chi connectivity index (χ2n) is 27.5. The van der Waals surface area contributed by atoms with Gasteiger partial charge in [0, 0.05) is 25.7 Å². The standard InChI is InChI=1S/C77H146O17P2/c1-6-9-12-15-18-21-24-26-28-30-32-37-42-47-52-57-62-76(81)93-73(67-88-75(80)61-56-51-46-41-36-31-29-27-25-22-19-16-13-10-7-2)69-92-96(85,86)90-65-71(78)64-89-95(83,84)91-68-72(66-87-74(79)60-55-50-45-40-34-23-20-17-14-11-8-3)94-77(82)63-58-53-48-43-38-33-35-39-44-49-54-59-70(4)5/h22,25,27,29,70-73,78H,6-21,23-24,26,28,30-69H2,1-5H3,(H,83,84)(H,85,86)/b25-22-,29-27-/t71-,72+,73+/m0/s1. The third kappa shape index (κ3) is 70.0. The number of aliphatic hydroxyl groups is 1. The topological polar surface area (TPSA) is 237 Å². The molecule has 17 nitrogen and oxygen atoms in total. The molecule has 566 valence electrons. The Hall–Kier alpha value is -2.46. The molecule has 0 aliphatic heterocycles. The molecule has 0 saturated heterocycles. The lowest BCUT2D eigenvalue weighted by Crippen LogP contribution is -2.30. The normalized spacial score (nSPS) is 14.1. The van der Waals surface area contributed by atoms with Crippen molar-refractivity contribution in [2.75, 3.05) is 39.6 Å². The van der Waals surface area contributed by atoms with Gasteiger partial charge < -0.3 is 33.8 Å². The molecule has 0 amide bonds. The monoisotopic (exact) mass is 1410 g/mol. The van der Waals surface area contributed by atoms with Gasteiger partial charge in [-0.2, -0.15) is 0 Å². The molecule has 0 rings (SSSR count). The van der Waals surface area contributed by atoms with Crippen molar-refractivity contribution in [2.24, 2.45) is 5.92 Å². The van der Waals surface area contributed by atoms with Gasteiger partial charge in [0.2, 0.25) is 0 Å². The number of phosphoric acid groups is 2. The second-order valence-corrected chi connectivity index (χ2v) is 30.4. The van der Waals surface area contributed by atoms with Crippen LogP contribution in [0.1, 0.15) is 381 Å². The van der Waals surface area contributed by atoms with Crippen LogP contribution < -0.4 is 0 Å². The van der Waals surface area contributed by atoms with Gasteiger partial charge in [0.1, 0.15) is 19.3 Å². The van der Waals surface area contributed by atoms with E-state index in [1.165, 1.54) is 186 Å². The minimum absolute atomic E-state index is 0.102. The number of carbonyl (C=O) groups excluding carboxylic acids is 4. The van der Waals surface area contributed by atoms with E-state index in [1.807, 2.05) is 0 Å². The summed E-state index contributed by atoms with van der Waals surface area (Å²) < 4.78 is 68.5. The Bertz CT molecular complexity index is 1930. The average Bonchev–Trinajstić information content (AvgIpc) is 1.16. The molecule has 0 spiro atoms. The van der Waals surface area contributed by atoms with Gasteiger partial charge >= 0.3 is 39.5 Å². The lowest BCUT2D eigenvalue weighted by molar-refractivity contribution is -0.161. The van der Waals surface area contributed by atoms with Gasteiger partial charge in [-0.15, -0.1) is 0 Å². The summed E-state index contributed by atoms with van der Waals surface area (Å²) >= 11 is 0. The molecule has 0 heterocycles. The Labute approximate surface area is 586 Å². The van der Waals surface area contributed by atoms with Crippen molar-refractivity contribution in [2.45, 2.75) is 400 Å². The van der Waals surface area contributed by atoms with Crippen molar-refractivity contribution in [3.05, 3.63) is 24.3 Å². The first-order chi connectivity index (χ1) is 46.5. The number of hydrogen-bond acceptors (Lipinski definition) is 15. The fraction of sp³-hybridized carbons (Fsp3) is 0.896. The Kier molecular flexibility index (Phi) is 67.8. The maximum atomic E-state index is 13.1. The smallest absolute Gasteiger partial charge is 0.462 e. The van der Waals surface area contributed by atoms with Crippen molar-refractivity contribution in [3.63, 3.8) is 0 Å². The molecule has 0 aromatic carbocycles. The molecule has 0 aliphatic carbocycles. The molecule has 0 aromatic heterocycles. The number of aliphatic hydroxyl groups excluding tert-OH is 1. The van der Waals surface area contributed by atoms with Crippen molar-refractivity contribution in [1.29, 1.82) is 0 Å². The Morgan fingerprint density at radius 2 is 0.562 bits per heavy atom. The van der Waals surface area contributed by atoms with Gasteiger partial charge in [-0.25, -0.2) is 9.13 Å². The van der Waals surface area contributed by atoms with Crippen LogP contribution >= 0.6 is 15.6 Å². The average molecular weight is 1410 g/mol. The molecule has 19 heteroatoms. The number of phosphoric ester groups is 2. The van der Waals surface area contributed by atoms with Crippen LogP contribution in [0.25, 0.3) is 0 Å². The number of hydrogen-bond donors (Lipinski definition) is 3. The van der Waals surface area contributed by atoms with E-state index in [0.717, 1.165) is 115 Å². The largest absolute Gasteiger partial charge is 0.472 e. The lowest BCUT2D eigenvalue weighted by Gasteiger charge is -2.21. The lowest BCUT2D eigenvalue weighted by atomic mass is 10.0. The summed E-state index contributed by atoms with van der Waals surface area (Å²) in [5.41, 5.74) is 0. The van der Waals surface area contributed by atoms with Crippen LogP contribution in [-0.2, 0) is 65.4 Å². The van der Waals surface area contributed by atoms with E-state index in [0.29, 0.717) is 25.7 Å². The second kappa shape index (κ2) is 69.6. The molecule has 0 radical (unpaired) electrons. The first-order valence-electron chi connectivity index (χ1n) is 39.5. The van der Waals surface area contributed by atoms with Crippen LogP contribution in [-0.4, -0.2) is 96.7 Å². The maximum Gasteiger partial charge on any atom is 0.472 e. The maximum absolute atomic E-state index is 13.1. The van der Waals surface area contributed by atoms with Gasteiger partial charge in [0.25, 0.3) is 0 Å². The highest BCUT2D eigenvalue weighted by molar-refractivity contribution is 7.47. The van der Waals surface area contributed by atoms with Gasteiger partial charge in [0.05, 0.1) is 26.4 Å².